The SMILES string of the molecule is O=C(O)C[C@@H](Cc1ccc(-c2ccccc2)cc1)NC(=O)c1n[nH]c(=O)[nH]1. The van der Waals surface area contributed by atoms with Crippen molar-refractivity contribution < 1.29 is 14.7 Å². The fourth-order valence-electron chi connectivity index (χ4n) is 2.76. The minimum absolute atomic E-state index is 0.185. The molecule has 1 heterocycles. The minimum Gasteiger partial charge on any atom is -0.481 e. The monoisotopic (exact) mass is 366 g/mol. The van der Waals surface area contributed by atoms with E-state index in [1.54, 1.807) is 0 Å². The molecule has 0 fully saturated rings. The van der Waals surface area contributed by atoms with Crippen molar-refractivity contribution in [2.45, 2.75) is 18.9 Å². The van der Waals surface area contributed by atoms with Crippen LogP contribution in [0.3, 0.4) is 0 Å². The van der Waals surface area contributed by atoms with Gasteiger partial charge in [-0.1, -0.05) is 54.6 Å². The van der Waals surface area contributed by atoms with Crippen LogP contribution >= 0.6 is 0 Å². The lowest BCUT2D eigenvalue weighted by Gasteiger charge is -2.16. The second kappa shape index (κ2) is 8.13. The summed E-state index contributed by atoms with van der Waals surface area (Å²) in [6, 6.07) is 17.0. The standard InChI is InChI=1S/C19H18N4O4/c24-16(25)11-15(20-18(26)17-21-19(27)23-22-17)10-12-6-8-14(9-7-12)13-4-2-1-3-5-13/h1-9,15H,10-11H2,(H,20,26)(H,24,25)(H2,21,22,23,27)/t15-/m1/s1. The van der Waals surface area contributed by atoms with Crippen molar-refractivity contribution >= 4 is 11.9 Å². The van der Waals surface area contributed by atoms with Crippen LogP contribution in [0.25, 0.3) is 11.1 Å². The van der Waals surface area contributed by atoms with Gasteiger partial charge in [-0.05, 0) is 23.1 Å². The molecule has 0 bridgehead atoms. The molecule has 0 saturated heterocycles. The third-order valence-electron chi connectivity index (χ3n) is 4.02. The van der Waals surface area contributed by atoms with Gasteiger partial charge in [0.2, 0.25) is 5.82 Å². The summed E-state index contributed by atoms with van der Waals surface area (Å²) in [7, 11) is 0. The molecule has 2 aromatic carbocycles. The molecule has 4 N–H and O–H groups in total. The summed E-state index contributed by atoms with van der Waals surface area (Å²) < 4.78 is 0. The third kappa shape index (κ3) is 4.91. The summed E-state index contributed by atoms with van der Waals surface area (Å²) in [6.07, 6.45) is 0.0859. The number of nitrogens with one attached hydrogen (secondary N) is 3. The Balaban J connectivity index is 1.71. The molecule has 0 saturated carbocycles. The summed E-state index contributed by atoms with van der Waals surface area (Å²) in [6.45, 7) is 0. The molecule has 3 aromatic rings. The summed E-state index contributed by atoms with van der Waals surface area (Å²) in [5.74, 6) is -1.85. The number of aromatic nitrogens is 3. The van der Waals surface area contributed by atoms with Gasteiger partial charge in [-0.2, -0.15) is 0 Å². The van der Waals surface area contributed by atoms with Gasteiger partial charge in [-0.25, -0.2) is 9.89 Å². The Bertz CT molecular complexity index is 977. The van der Waals surface area contributed by atoms with Crippen LogP contribution in [0.4, 0.5) is 0 Å². The highest BCUT2D eigenvalue weighted by molar-refractivity contribution is 5.90. The highest BCUT2D eigenvalue weighted by Gasteiger charge is 2.19. The van der Waals surface area contributed by atoms with Gasteiger partial charge in [0.25, 0.3) is 5.91 Å². The first-order valence-corrected chi connectivity index (χ1v) is 8.33. The number of aliphatic carboxylic acids is 1. The molecule has 8 nitrogen and oxygen atoms in total. The highest BCUT2D eigenvalue weighted by atomic mass is 16.4. The van der Waals surface area contributed by atoms with Gasteiger partial charge in [-0.15, -0.1) is 5.10 Å². The number of benzene rings is 2. The molecule has 0 unspecified atom stereocenters. The molecule has 0 spiro atoms. The largest absolute Gasteiger partial charge is 0.481 e. The minimum atomic E-state index is -1.03. The molecule has 3 rings (SSSR count). The van der Waals surface area contributed by atoms with Gasteiger partial charge in [0.1, 0.15) is 0 Å². The number of hydrogen-bond acceptors (Lipinski definition) is 4. The van der Waals surface area contributed by atoms with E-state index in [1.165, 1.54) is 0 Å². The molecule has 0 aliphatic heterocycles. The maximum Gasteiger partial charge on any atom is 0.341 e. The van der Waals surface area contributed by atoms with E-state index in [0.29, 0.717) is 6.42 Å². The first-order chi connectivity index (χ1) is 13.0. The number of nitrogens with zero attached hydrogens (tertiary/aromatic N) is 1. The van der Waals surface area contributed by atoms with Crippen molar-refractivity contribution in [1.82, 2.24) is 20.5 Å². The number of carbonyl (C=O) groups is 2. The fraction of sp³-hybridized carbons (Fsp3) is 0.158. The van der Waals surface area contributed by atoms with E-state index < -0.39 is 23.6 Å². The van der Waals surface area contributed by atoms with Gasteiger partial charge >= 0.3 is 11.7 Å². The van der Waals surface area contributed by atoms with E-state index in [2.05, 4.69) is 20.5 Å². The van der Waals surface area contributed by atoms with Gasteiger partial charge in [0.15, 0.2) is 0 Å². The smallest absolute Gasteiger partial charge is 0.341 e. The predicted molar refractivity (Wildman–Crippen MR) is 98.3 cm³/mol. The van der Waals surface area contributed by atoms with Gasteiger partial charge in [0, 0.05) is 6.04 Å². The van der Waals surface area contributed by atoms with Crippen LogP contribution in [0.2, 0.25) is 0 Å². The average Bonchev–Trinajstić information content (AvgIpc) is 3.09. The number of carboxylic acid groups (broad SMARTS) is 1. The van der Waals surface area contributed by atoms with E-state index in [1.807, 2.05) is 54.6 Å². The lowest BCUT2D eigenvalue weighted by molar-refractivity contribution is -0.137. The zero-order valence-corrected chi connectivity index (χ0v) is 14.3. The van der Waals surface area contributed by atoms with Crippen molar-refractivity contribution in [3.63, 3.8) is 0 Å². The second-order valence-electron chi connectivity index (χ2n) is 6.06. The number of carboxylic acids is 1. The van der Waals surface area contributed by atoms with E-state index in [-0.39, 0.29) is 12.2 Å². The molecule has 1 atom stereocenters. The number of rotatable bonds is 7. The lowest BCUT2D eigenvalue weighted by Crippen LogP contribution is -2.38. The number of hydrogen-bond donors (Lipinski definition) is 4. The average molecular weight is 366 g/mol. The first-order valence-electron chi connectivity index (χ1n) is 8.33. The third-order valence-corrected chi connectivity index (χ3v) is 4.02. The van der Waals surface area contributed by atoms with Crippen LogP contribution in [0.15, 0.2) is 59.4 Å². The maximum atomic E-state index is 12.1. The van der Waals surface area contributed by atoms with Crippen LogP contribution < -0.4 is 11.0 Å². The molecule has 1 amide bonds. The van der Waals surface area contributed by atoms with Gasteiger partial charge in [-0.3, -0.25) is 14.6 Å². The number of aromatic amines is 2. The van der Waals surface area contributed by atoms with E-state index in [9.17, 15) is 14.4 Å². The van der Waals surface area contributed by atoms with Crippen molar-refractivity contribution in [3.8, 4) is 11.1 Å². The molecule has 0 aliphatic carbocycles. The molecule has 0 aliphatic rings. The Labute approximate surface area is 154 Å². The summed E-state index contributed by atoms with van der Waals surface area (Å²) >= 11 is 0. The first kappa shape index (κ1) is 18.1. The van der Waals surface area contributed by atoms with Crippen LogP contribution in [0.1, 0.15) is 22.6 Å². The number of carbonyl (C=O) groups excluding carboxylic acids is 1. The topological polar surface area (TPSA) is 128 Å². The van der Waals surface area contributed by atoms with Crippen LogP contribution in [-0.4, -0.2) is 38.2 Å². The molecule has 8 heteroatoms. The molecular weight excluding hydrogens is 348 g/mol. The molecule has 1 aromatic heterocycles. The van der Waals surface area contributed by atoms with Crippen molar-refractivity contribution in [2.24, 2.45) is 0 Å². The Morgan fingerprint density at radius 3 is 2.30 bits per heavy atom. The zero-order valence-electron chi connectivity index (χ0n) is 14.3. The normalized spacial score (nSPS) is 11.7. The predicted octanol–water partition coefficient (Wildman–Crippen LogP) is 1.58. The number of H-pyrrole nitrogens is 2. The summed E-state index contributed by atoms with van der Waals surface area (Å²) in [4.78, 5) is 36.5. The van der Waals surface area contributed by atoms with E-state index >= 15 is 0 Å². The van der Waals surface area contributed by atoms with Crippen LogP contribution in [-0.2, 0) is 11.2 Å². The molecule has 27 heavy (non-hydrogen) atoms. The van der Waals surface area contributed by atoms with Crippen LogP contribution in [0.5, 0.6) is 0 Å². The quantitative estimate of drug-likeness (QED) is 0.505. The number of amides is 1. The van der Waals surface area contributed by atoms with E-state index in [4.69, 9.17) is 5.11 Å². The van der Waals surface area contributed by atoms with Crippen molar-refractivity contribution in [2.75, 3.05) is 0 Å². The Morgan fingerprint density at radius 1 is 1.04 bits per heavy atom. The molecule has 0 radical (unpaired) electrons. The fourth-order valence-corrected chi connectivity index (χ4v) is 2.76. The summed E-state index contributed by atoms with van der Waals surface area (Å²) in [5, 5.41) is 17.4. The second-order valence-corrected chi connectivity index (χ2v) is 6.06. The van der Waals surface area contributed by atoms with Gasteiger partial charge in [0.05, 0.1) is 6.42 Å². The molecule has 138 valence electrons. The van der Waals surface area contributed by atoms with Crippen molar-refractivity contribution in [3.05, 3.63) is 76.5 Å². The Hall–Kier alpha value is -3.68. The maximum absolute atomic E-state index is 12.1. The van der Waals surface area contributed by atoms with E-state index in [0.717, 1.165) is 16.7 Å². The zero-order chi connectivity index (χ0) is 19.2. The van der Waals surface area contributed by atoms with Gasteiger partial charge < -0.3 is 10.4 Å². The Kier molecular flexibility index (Phi) is 5.46. The Morgan fingerprint density at radius 2 is 1.70 bits per heavy atom. The van der Waals surface area contributed by atoms with Crippen LogP contribution in [0, 0.1) is 0 Å². The highest BCUT2D eigenvalue weighted by Crippen LogP contribution is 2.20. The van der Waals surface area contributed by atoms with Crippen molar-refractivity contribution in [1.29, 1.82) is 0 Å². The lowest BCUT2D eigenvalue weighted by atomic mass is 9.99. The molecular formula is C19H18N4O4. The summed E-state index contributed by atoms with van der Waals surface area (Å²) in [5.41, 5.74) is 2.41.